The lowest BCUT2D eigenvalue weighted by atomic mass is 10.0. The van der Waals surface area contributed by atoms with Crippen LogP contribution in [0.15, 0.2) is 23.0 Å². The monoisotopic (exact) mass is 273 g/mol. The van der Waals surface area contributed by atoms with E-state index in [1.165, 1.54) is 13.2 Å². The predicted molar refractivity (Wildman–Crippen MR) is 76.5 cm³/mol. The number of aromatic nitrogens is 1. The van der Waals surface area contributed by atoms with E-state index in [0.717, 1.165) is 0 Å². The molecule has 2 aromatic rings. The van der Waals surface area contributed by atoms with Crippen molar-refractivity contribution < 1.29 is 14.6 Å². The van der Waals surface area contributed by atoms with Crippen LogP contribution in [-0.4, -0.2) is 22.8 Å². The summed E-state index contributed by atoms with van der Waals surface area (Å²) in [5.74, 6) is 0.917. The summed E-state index contributed by atoms with van der Waals surface area (Å²) in [6, 6.07) is 3.19. The Balaban J connectivity index is 2.42. The first-order valence-electron chi connectivity index (χ1n) is 6.26. The molecule has 0 amide bonds. The fraction of sp³-hybridized carbons (Fsp3) is 0.267. The molecule has 20 heavy (non-hydrogen) atoms. The molecule has 1 aliphatic heterocycles. The lowest BCUT2D eigenvalue weighted by Gasteiger charge is -2.28. The quantitative estimate of drug-likeness (QED) is 0.837. The number of aromatic hydroxyl groups is 1. The third-order valence-electron chi connectivity index (χ3n) is 3.32. The van der Waals surface area contributed by atoms with E-state index >= 15 is 0 Å². The molecule has 0 spiro atoms. The van der Waals surface area contributed by atoms with Crippen LogP contribution in [0, 0.1) is 0 Å². The minimum absolute atomic E-state index is 0.0461. The molecule has 0 bridgehead atoms. The van der Waals surface area contributed by atoms with Gasteiger partial charge in [-0.05, 0) is 32.1 Å². The van der Waals surface area contributed by atoms with E-state index in [-0.39, 0.29) is 11.3 Å². The number of fused-ring (bicyclic) bond motifs is 3. The molecule has 0 aliphatic carbocycles. The van der Waals surface area contributed by atoms with E-state index in [4.69, 9.17) is 9.47 Å². The van der Waals surface area contributed by atoms with Crippen LogP contribution in [-0.2, 0) is 0 Å². The summed E-state index contributed by atoms with van der Waals surface area (Å²) in [5.41, 5.74) is -0.00303. The van der Waals surface area contributed by atoms with Gasteiger partial charge in [-0.2, -0.15) is 0 Å². The maximum atomic E-state index is 12.1. The number of H-pyrrole nitrogens is 1. The molecule has 2 N–H and O–H groups in total. The summed E-state index contributed by atoms with van der Waals surface area (Å²) >= 11 is 0. The molecule has 0 radical (unpaired) electrons. The minimum atomic E-state index is -0.508. The zero-order chi connectivity index (χ0) is 14.5. The van der Waals surface area contributed by atoms with E-state index in [9.17, 15) is 9.90 Å². The topological polar surface area (TPSA) is 71.5 Å². The van der Waals surface area contributed by atoms with E-state index in [2.05, 4.69) is 4.98 Å². The van der Waals surface area contributed by atoms with Gasteiger partial charge in [0.15, 0.2) is 0 Å². The SMILES string of the molecule is COc1cc(O)c2[nH]c(=O)c3c(c2c1)OC(C)(C)C=C3. The average molecular weight is 273 g/mol. The Kier molecular flexibility index (Phi) is 2.54. The fourth-order valence-corrected chi connectivity index (χ4v) is 2.30. The number of methoxy groups -OCH3 is 1. The van der Waals surface area contributed by atoms with Gasteiger partial charge in [-0.1, -0.05) is 0 Å². The van der Waals surface area contributed by atoms with Crippen molar-refractivity contribution in [1.82, 2.24) is 4.98 Å². The third-order valence-corrected chi connectivity index (χ3v) is 3.32. The van der Waals surface area contributed by atoms with Crippen molar-refractivity contribution in [3.05, 3.63) is 34.1 Å². The van der Waals surface area contributed by atoms with Crippen LogP contribution < -0.4 is 15.0 Å². The molecule has 0 atom stereocenters. The Morgan fingerprint density at radius 3 is 2.80 bits per heavy atom. The lowest BCUT2D eigenvalue weighted by Crippen LogP contribution is -2.30. The average Bonchev–Trinajstić information content (AvgIpc) is 2.38. The maximum absolute atomic E-state index is 12.1. The van der Waals surface area contributed by atoms with E-state index in [1.807, 2.05) is 19.9 Å². The molecule has 5 heteroatoms. The van der Waals surface area contributed by atoms with Gasteiger partial charge in [-0.25, -0.2) is 0 Å². The molecule has 5 nitrogen and oxygen atoms in total. The molecule has 1 aliphatic rings. The molecule has 104 valence electrons. The number of phenolic OH excluding ortho intramolecular Hbond substituents is 1. The van der Waals surface area contributed by atoms with Crippen LogP contribution in [0.2, 0.25) is 0 Å². The second-order valence-corrected chi connectivity index (χ2v) is 5.30. The first-order valence-corrected chi connectivity index (χ1v) is 6.26. The Hall–Kier alpha value is -2.43. The van der Waals surface area contributed by atoms with Crippen molar-refractivity contribution in [2.45, 2.75) is 19.4 Å². The molecular formula is C15H15NO4. The Labute approximate surface area is 115 Å². The smallest absolute Gasteiger partial charge is 0.259 e. The van der Waals surface area contributed by atoms with Crippen molar-refractivity contribution in [3.63, 3.8) is 0 Å². The Morgan fingerprint density at radius 1 is 1.35 bits per heavy atom. The predicted octanol–water partition coefficient (Wildman–Crippen LogP) is 2.43. The highest BCUT2D eigenvalue weighted by atomic mass is 16.5. The summed E-state index contributed by atoms with van der Waals surface area (Å²) in [7, 11) is 1.52. The number of rotatable bonds is 1. The van der Waals surface area contributed by atoms with Crippen molar-refractivity contribution in [3.8, 4) is 17.2 Å². The number of benzene rings is 1. The number of hydrogen-bond donors (Lipinski definition) is 2. The highest BCUT2D eigenvalue weighted by Gasteiger charge is 2.26. The molecule has 0 fully saturated rings. The van der Waals surface area contributed by atoms with Crippen molar-refractivity contribution in [2.75, 3.05) is 7.11 Å². The summed E-state index contributed by atoms with van der Waals surface area (Å²) in [6.45, 7) is 3.80. The van der Waals surface area contributed by atoms with Crippen LogP contribution in [0.5, 0.6) is 17.2 Å². The first kappa shape index (κ1) is 12.6. The molecular weight excluding hydrogens is 258 g/mol. The number of pyridine rings is 1. The summed E-state index contributed by atoms with van der Waals surface area (Å²) in [4.78, 5) is 14.7. The van der Waals surface area contributed by atoms with Gasteiger partial charge in [0.2, 0.25) is 0 Å². The zero-order valence-electron chi connectivity index (χ0n) is 11.5. The highest BCUT2D eigenvalue weighted by molar-refractivity contribution is 5.94. The molecule has 0 saturated carbocycles. The number of hydrogen-bond acceptors (Lipinski definition) is 4. The van der Waals surface area contributed by atoms with Crippen LogP contribution in [0.1, 0.15) is 19.4 Å². The number of phenols is 1. The van der Waals surface area contributed by atoms with Crippen molar-refractivity contribution in [2.24, 2.45) is 0 Å². The Morgan fingerprint density at radius 2 is 2.10 bits per heavy atom. The van der Waals surface area contributed by atoms with Crippen molar-refractivity contribution in [1.29, 1.82) is 0 Å². The summed E-state index contributed by atoms with van der Waals surface area (Å²) in [6.07, 6.45) is 3.57. The molecule has 0 unspecified atom stereocenters. The van der Waals surface area contributed by atoms with Gasteiger partial charge >= 0.3 is 0 Å². The normalized spacial score (nSPS) is 15.8. The largest absolute Gasteiger partial charge is 0.506 e. The minimum Gasteiger partial charge on any atom is -0.506 e. The second kappa shape index (κ2) is 4.03. The lowest BCUT2D eigenvalue weighted by molar-refractivity contribution is 0.161. The standard InChI is InChI=1S/C15H15NO4/c1-15(2)5-4-9-13(20-15)10-6-8(19-3)7-11(17)12(10)16-14(9)18/h4-7,17H,1-3H3,(H,16,18). The second-order valence-electron chi connectivity index (χ2n) is 5.30. The van der Waals surface area contributed by atoms with Gasteiger partial charge in [0.1, 0.15) is 22.8 Å². The molecule has 2 heterocycles. The van der Waals surface area contributed by atoms with Crippen LogP contribution in [0.4, 0.5) is 0 Å². The zero-order valence-corrected chi connectivity index (χ0v) is 11.5. The number of ether oxygens (including phenoxy) is 2. The van der Waals surface area contributed by atoms with Crippen LogP contribution in [0.25, 0.3) is 17.0 Å². The van der Waals surface area contributed by atoms with E-state index in [1.54, 1.807) is 12.1 Å². The van der Waals surface area contributed by atoms with Gasteiger partial charge < -0.3 is 19.6 Å². The summed E-state index contributed by atoms with van der Waals surface area (Å²) in [5, 5.41) is 10.6. The van der Waals surface area contributed by atoms with Gasteiger partial charge in [0.05, 0.1) is 18.2 Å². The van der Waals surface area contributed by atoms with Crippen LogP contribution in [0.3, 0.4) is 0 Å². The van der Waals surface area contributed by atoms with Crippen LogP contribution >= 0.6 is 0 Å². The third kappa shape index (κ3) is 1.82. The van der Waals surface area contributed by atoms with Gasteiger partial charge in [-0.3, -0.25) is 4.79 Å². The van der Waals surface area contributed by atoms with E-state index in [0.29, 0.717) is 28.0 Å². The molecule has 1 aromatic heterocycles. The van der Waals surface area contributed by atoms with E-state index < -0.39 is 5.60 Å². The molecule has 0 saturated heterocycles. The highest BCUT2D eigenvalue weighted by Crippen LogP contribution is 2.39. The number of aromatic amines is 1. The first-order chi connectivity index (χ1) is 9.41. The summed E-state index contributed by atoms with van der Waals surface area (Å²) < 4.78 is 11.0. The van der Waals surface area contributed by atoms with Gasteiger partial charge in [-0.15, -0.1) is 0 Å². The number of nitrogens with one attached hydrogen (secondary N) is 1. The molecule has 3 rings (SSSR count). The van der Waals surface area contributed by atoms with Gasteiger partial charge in [0.25, 0.3) is 5.56 Å². The van der Waals surface area contributed by atoms with Crippen molar-refractivity contribution >= 4 is 17.0 Å². The fourth-order valence-electron chi connectivity index (χ4n) is 2.30. The molecule has 1 aromatic carbocycles. The Bertz CT molecular complexity index is 787. The maximum Gasteiger partial charge on any atom is 0.259 e. The van der Waals surface area contributed by atoms with Gasteiger partial charge in [0, 0.05) is 11.5 Å².